The Hall–Kier alpha value is -2.28. The summed E-state index contributed by atoms with van der Waals surface area (Å²) in [4.78, 5) is 16.7. The lowest BCUT2D eigenvalue weighted by Gasteiger charge is -2.02. The topological polar surface area (TPSA) is 63.3 Å². The third-order valence-corrected chi connectivity index (χ3v) is 5.70. The number of rotatable bonds is 2. The summed E-state index contributed by atoms with van der Waals surface area (Å²) in [5, 5.41) is 10.9. The van der Waals surface area contributed by atoms with Gasteiger partial charge >= 0.3 is 0 Å². The van der Waals surface area contributed by atoms with Gasteiger partial charge in [-0.2, -0.15) is 0 Å². The first-order chi connectivity index (χ1) is 11.6. The fourth-order valence-corrected chi connectivity index (χ4v) is 4.44. The first-order valence-electron chi connectivity index (χ1n) is 7.28. The molecular weight excluding hydrogens is 342 g/mol. The Morgan fingerprint density at radius 1 is 1.21 bits per heavy atom. The van der Waals surface area contributed by atoms with E-state index in [0.29, 0.717) is 22.3 Å². The van der Waals surface area contributed by atoms with Crippen molar-refractivity contribution in [3.8, 4) is 0 Å². The van der Waals surface area contributed by atoms with Crippen LogP contribution in [0.1, 0.15) is 11.3 Å². The van der Waals surface area contributed by atoms with Crippen LogP contribution in [-0.2, 0) is 0 Å². The fourth-order valence-electron chi connectivity index (χ4n) is 2.43. The molecule has 24 heavy (non-hydrogen) atoms. The van der Waals surface area contributed by atoms with Crippen molar-refractivity contribution < 1.29 is 9.52 Å². The summed E-state index contributed by atoms with van der Waals surface area (Å²) in [5.74, 6) is 0.178. The zero-order valence-corrected chi connectivity index (χ0v) is 14.4. The molecular formula is C18H13NO3S2. The monoisotopic (exact) mass is 355 g/mol. The lowest BCUT2D eigenvalue weighted by atomic mass is 10.1. The van der Waals surface area contributed by atoms with Crippen molar-refractivity contribution in [2.45, 2.75) is 11.3 Å². The molecule has 4 aromatic rings. The third-order valence-electron chi connectivity index (χ3n) is 3.59. The molecule has 4 rings (SSSR count). The number of benzene rings is 2. The van der Waals surface area contributed by atoms with E-state index in [0.717, 1.165) is 20.1 Å². The Morgan fingerprint density at radius 2 is 2.04 bits per heavy atom. The molecule has 0 aliphatic heterocycles. The van der Waals surface area contributed by atoms with E-state index in [9.17, 15) is 9.90 Å². The lowest BCUT2D eigenvalue weighted by Crippen LogP contribution is -2.06. The minimum atomic E-state index is -0.166. The van der Waals surface area contributed by atoms with E-state index in [2.05, 4.69) is 4.98 Å². The average molecular weight is 355 g/mol. The molecule has 0 unspecified atom stereocenters. The zero-order valence-electron chi connectivity index (χ0n) is 12.7. The minimum absolute atomic E-state index is 0.0198. The van der Waals surface area contributed by atoms with Gasteiger partial charge in [-0.25, -0.2) is 4.98 Å². The summed E-state index contributed by atoms with van der Waals surface area (Å²) < 4.78 is 7.50. The Kier molecular flexibility index (Phi) is 3.80. The van der Waals surface area contributed by atoms with Crippen LogP contribution in [0.15, 0.2) is 62.1 Å². The van der Waals surface area contributed by atoms with Crippen LogP contribution in [0.3, 0.4) is 0 Å². The number of aliphatic hydroxyl groups excluding tert-OH is 1. The van der Waals surface area contributed by atoms with E-state index < -0.39 is 0 Å². The molecule has 0 spiro atoms. The van der Waals surface area contributed by atoms with Gasteiger partial charge in [-0.05, 0) is 31.2 Å². The summed E-state index contributed by atoms with van der Waals surface area (Å²) >= 11 is 2.03. The molecule has 0 bridgehead atoms. The molecule has 6 heteroatoms. The van der Waals surface area contributed by atoms with Gasteiger partial charge in [-0.1, -0.05) is 23.8 Å². The van der Waals surface area contributed by atoms with E-state index in [1.54, 1.807) is 12.1 Å². The van der Waals surface area contributed by atoms with Gasteiger partial charge in [-0.3, -0.25) is 4.79 Å². The summed E-state index contributed by atoms with van der Waals surface area (Å²) in [6, 6.07) is 14.5. The largest absolute Gasteiger partial charge is 0.453 e. The molecule has 0 aliphatic carbocycles. The maximum atomic E-state index is 12.2. The van der Waals surface area contributed by atoms with E-state index in [1.165, 1.54) is 17.4 Å². The first kappa shape index (κ1) is 15.3. The molecule has 0 saturated heterocycles. The van der Waals surface area contributed by atoms with Crippen molar-refractivity contribution in [1.82, 2.24) is 4.98 Å². The van der Waals surface area contributed by atoms with Gasteiger partial charge < -0.3 is 9.52 Å². The highest BCUT2D eigenvalue weighted by Gasteiger charge is 2.09. The van der Waals surface area contributed by atoms with E-state index in [4.69, 9.17) is 4.42 Å². The predicted octanol–water partition coefficient (Wildman–Crippen LogP) is 4.27. The van der Waals surface area contributed by atoms with Gasteiger partial charge in [0, 0.05) is 6.07 Å². The van der Waals surface area contributed by atoms with Crippen molar-refractivity contribution in [2.24, 2.45) is 0 Å². The second kappa shape index (κ2) is 5.98. The Balaban J connectivity index is 1.81. The number of hydrogen-bond acceptors (Lipinski definition) is 4. The molecule has 0 amide bonds. The van der Waals surface area contributed by atoms with Crippen LogP contribution >= 0.6 is 22.7 Å². The first-order valence-corrected chi connectivity index (χ1v) is 8.99. The second-order valence-corrected chi connectivity index (χ2v) is 7.78. The van der Waals surface area contributed by atoms with Gasteiger partial charge in [0.25, 0.3) is 0 Å². The fraction of sp³-hybridized carbons (Fsp3) is 0.0556. The number of aryl methyl sites for hydroxylation is 1. The number of thiol groups is 1. The SMILES string of the molecule is Cc1ccc2oc(C(O)=[SH]c3nc4ccccc4s3)cc(=O)c2c1. The van der Waals surface area contributed by atoms with Crippen molar-refractivity contribution in [2.75, 3.05) is 0 Å². The number of aliphatic hydroxyl groups is 1. The summed E-state index contributed by atoms with van der Waals surface area (Å²) in [6.07, 6.45) is 0. The summed E-state index contributed by atoms with van der Waals surface area (Å²) in [6.45, 7) is 1.92. The molecule has 0 fully saturated rings. The lowest BCUT2D eigenvalue weighted by molar-refractivity contribution is 0.518. The van der Waals surface area contributed by atoms with Crippen molar-refractivity contribution >= 4 is 48.9 Å². The minimum Gasteiger partial charge on any atom is -0.453 e. The highest BCUT2D eigenvalue weighted by atomic mass is 32.2. The van der Waals surface area contributed by atoms with Crippen LogP contribution < -0.4 is 5.43 Å². The quantitative estimate of drug-likeness (QED) is 0.416. The maximum absolute atomic E-state index is 12.2. The van der Waals surface area contributed by atoms with Gasteiger partial charge in [0.05, 0.1) is 15.6 Å². The van der Waals surface area contributed by atoms with Crippen LogP contribution in [0.2, 0.25) is 0 Å². The smallest absolute Gasteiger partial charge is 0.193 e. The van der Waals surface area contributed by atoms with Crippen LogP contribution in [0.4, 0.5) is 0 Å². The molecule has 1 N–H and O–H groups in total. The van der Waals surface area contributed by atoms with E-state index >= 15 is 0 Å². The number of fused-ring (bicyclic) bond motifs is 2. The van der Waals surface area contributed by atoms with Crippen LogP contribution in [-0.4, -0.2) is 15.1 Å². The number of para-hydroxylation sites is 1. The predicted molar refractivity (Wildman–Crippen MR) is 101 cm³/mol. The highest BCUT2D eigenvalue weighted by molar-refractivity contribution is 8.00. The number of aromatic nitrogens is 1. The summed E-state index contributed by atoms with van der Waals surface area (Å²) in [7, 11) is 0. The molecule has 120 valence electrons. The number of nitrogens with zero attached hydrogens (tertiary/aromatic N) is 1. The summed E-state index contributed by atoms with van der Waals surface area (Å²) in [5.41, 5.74) is 2.19. The Morgan fingerprint density at radius 3 is 2.88 bits per heavy atom. The maximum Gasteiger partial charge on any atom is 0.193 e. The van der Waals surface area contributed by atoms with Crippen LogP contribution in [0.5, 0.6) is 0 Å². The standard InChI is InChI=1S/C18H13NO3S2/c1-10-6-7-14-11(8-10)13(20)9-15(22-14)17(21)24-18-19-12-4-2-3-5-16(12)23-18/h2-9,21,24H,1H3. The molecule has 0 aliphatic rings. The normalized spacial score (nSPS) is 12.5. The highest BCUT2D eigenvalue weighted by Crippen LogP contribution is 2.27. The van der Waals surface area contributed by atoms with Crippen LogP contribution in [0.25, 0.3) is 21.2 Å². The molecule has 2 aromatic carbocycles. The van der Waals surface area contributed by atoms with Crippen molar-refractivity contribution in [3.05, 3.63) is 70.1 Å². The average Bonchev–Trinajstić information content (AvgIpc) is 2.97. The van der Waals surface area contributed by atoms with Gasteiger partial charge in [-0.15, -0.1) is 22.7 Å². The van der Waals surface area contributed by atoms with Gasteiger partial charge in [0.15, 0.2) is 11.2 Å². The molecule has 0 atom stereocenters. The Bertz CT molecular complexity index is 1120. The Labute approximate surface area is 145 Å². The van der Waals surface area contributed by atoms with Crippen molar-refractivity contribution in [3.63, 3.8) is 0 Å². The number of thiazole rings is 1. The second-order valence-electron chi connectivity index (χ2n) is 5.37. The molecule has 2 heterocycles. The van der Waals surface area contributed by atoms with Crippen LogP contribution in [0, 0.1) is 6.92 Å². The molecule has 0 radical (unpaired) electrons. The molecule has 0 saturated carbocycles. The zero-order chi connectivity index (χ0) is 16.7. The number of hydrogen-bond donors (Lipinski definition) is 2. The molecule has 2 aromatic heterocycles. The van der Waals surface area contributed by atoms with Crippen molar-refractivity contribution in [1.29, 1.82) is 0 Å². The van der Waals surface area contributed by atoms with E-state index in [1.807, 2.05) is 37.3 Å². The third kappa shape index (κ3) is 2.80. The van der Waals surface area contributed by atoms with Gasteiger partial charge in [0.2, 0.25) is 0 Å². The van der Waals surface area contributed by atoms with E-state index in [-0.39, 0.29) is 16.2 Å². The van der Waals surface area contributed by atoms with Gasteiger partial charge in [0.1, 0.15) is 15.0 Å². The molecule has 4 nitrogen and oxygen atoms in total.